The van der Waals surface area contributed by atoms with Crippen LogP contribution in [0.25, 0.3) is 10.1 Å². The molecular formula is C16H14F2N2S. The summed E-state index contributed by atoms with van der Waals surface area (Å²) in [7, 11) is 0. The molecule has 0 radical (unpaired) electrons. The molecule has 3 aromatic rings. The third-order valence-corrected chi connectivity index (χ3v) is 4.67. The first-order valence-corrected chi connectivity index (χ1v) is 7.38. The van der Waals surface area contributed by atoms with Crippen LogP contribution in [0.15, 0.2) is 48.5 Å². The molecule has 1 unspecified atom stereocenters. The average molecular weight is 304 g/mol. The molecule has 21 heavy (non-hydrogen) atoms. The van der Waals surface area contributed by atoms with E-state index in [1.54, 1.807) is 17.4 Å². The average Bonchev–Trinajstić information content (AvgIpc) is 2.92. The number of nitrogens with two attached hydrogens (primary N) is 1. The number of hydrogen-bond acceptors (Lipinski definition) is 3. The lowest BCUT2D eigenvalue weighted by Crippen LogP contribution is -2.29. The summed E-state index contributed by atoms with van der Waals surface area (Å²) < 4.78 is 28.2. The van der Waals surface area contributed by atoms with Gasteiger partial charge in [0.25, 0.3) is 0 Å². The van der Waals surface area contributed by atoms with Gasteiger partial charge >= 0.3 is 0 Å². The highest BCUT2D eigenvalue weighted by molar-refractivity contribution is 7.19. The number of hydrazine groups is 1. The number of rotatable bonds is 4. The quantitative estimate of drug-likeness (QED) is 0.566. The van der Waals surface area contributed by atoms with Gasteiger partial charge in [0, 0.05) is 9.58 Å². The molecule has 0 aliphatic rings. The Bertz CT molecular complexity index is 737. The van der Waals surface area contributed by atoms with Gasteiger partial charge < -0.3 is 0 Å². The fraction of sp³-hybridized carbons (Fsp3) is 0.125. The topological polar surface area (TPSA) is 38.0 Å². The maximum absolute atomic E-state index is 13.8. The van der Waals surface area contributed by atoms with E-state index in [1.165, 1.54) is 6.07 Å². The highest BCUT2D eigenvalue weighted by atomic mass is 32.1. The van der Waals surface area contributed by atoms with E-state index < -0.39 is 11.6 Å². The van der Waals surface area contributed by atoms with Gasteiger partial charge in [0.15, 0.2) is 11.6 Å². The second-order valence-corrected chi connectivity index (χ2v) is 5.94. The standard InChI is InChI=1S/C16H14F2N2S/c17-12-6-3-5-11(16(12)18)8-13(20-19)15-9-10-4-1-2-7-14(10)21-15/h1-7,9,13,20H,8,19H2. The SMILES string of the molecule is NNC(Cc1cccc(F)c1F)c1cc2ccccc2s1. The van der Waals surface area contributed by atoms with E-state index in [-0.39, 0.29) is 6.04 Å². The highest BCUT2D eigenvalue weighted by Gasteiger charge is 2.17. The predicted octanol–water partition coefficient (Wildman–Crippen LogP) is 3.93. The lowest BCUT2D eigenvalue weighted by molar-refractivity contribution is 0.483. The molecule has 0 aliphatic carbocycles. The van der Waals surface area contributed by atoms with Gasteiger partial charge in [-0.05, 0) is 35.6 Å². The van der Waals surface area contributed by atoms with Gasteiger partial charge in [-0.15, -0.1) is 11.3 Å². The van der Waals surface area contributed by atoms with E-state index in [2.05, 4.69) is 5.43 Å². The molecule has 0 saturated heterocycles. The maximum Gasteiger partial charge on any atom is 0.162 e. The summed E-state index contributed by atoms with van der Waals surface area (Å²) in [6, 6.07) is 14.0. The molecule has 0 saturated carbocycles. The smallest absolute Gasteiger partial charge is 0.162 e. The first kappa shape index (κ1) is 14.1. The highest BCUT2D eigenvalue weighted by Crippen LogP contribution is 2.31. The number of nitrogens with one attached hydrogen (secondary N) is 1. The summed E-state index contributed by atoms with van der Waals surface area (Å²) in [5.74, 6) is 3.96. The first-order chi connectivity index (χ1) is 10.2. The third-order valence-electron chi connectivity index (χ3n) is 3.44. The normalized spacial score (nSPS) is 12.7. The fourth-order valence-corrected chi connectivity index (χ4v) is 3.47. The third kappa shape index (κ3) is 2.81. The summed E-state index contributed by atoms with van der Waals surface area (Å²) in [5, 5.41) is 1.12. The molecule has 3 rings (SSSR count). The van der Waals surface area contributed by atoms with Crippen LogP contribution in [0.1, 0.15) is 16.5 Å². The van der Waals surface area contributed by atoms with Crippen molar-refractivity contribution >= 4 is 21.4 Å². The molecule has 2 nitrogen and oxygen atoms in total. The number of thiophene rings is 1. The van der Waals surface area contributed by atoms with Crippen molar-refractivity contribution in [3.05, 3.63) is 70.6 Å². The lowest BCUT2D eigenvalue weighted by atomic mass is 10.0. The second kappa shape index (κ2) is 5.89. The summed E-state index contributed by atoms with van der Waals surface area (Å²) in [6.45, 7) is 0. The Kier molecular flexibility index (Phi) is 3.96. The Morgan fingerprint density at radius 2 is 1.90 bits per heavy atom. The minimum Gasteiger partial charge on any atom is -0.271 e. The molecule has 0 spiro atoms. The summed E-state index contributed by atoms with van der Waals surface area (Å²) in [5.41, 5.74) is 3.01. The van der Waals surface area contributed by atoms with Crippen molar-refractivity contribution in [2.24, 2.45) is 5.84 Å². The molecule has 5 heteroatoms. The summed E-state index contributed by atoms with van der Waals surface area (Å²) in [4.78, 5) is 1.00. The minimum atomic E-state index is -0.834. The van der Waals surface area contributed by atoms with Gasteiger partial charge in [-0.1, -0.05) is 30.3 Å². The lowest BCUT2D eigenvalue weighted by Gasteiger charge is -2.14. The van der Waals surface area contributed by atoms with Gasteiger partial charge in [-0.25, -0.2) is 8.78 Å². The van der Waals surface area contributed by atoms with Gasteiger partial charge in [0.2, 0.25) is 0 Å². The van der Waals surface area contributed by atoms with E-state index in [0.717, 1.165) is 21.0 Å². The maximum atomic E-state index is 13.8. The van der Waals surface area contributed by atoms with Crippen LogP contribution in [0.5, 0.6) is 0 Å². The van der Waals surface area contributed by atoms with Crippen LogP contribution in [0, 0.1) is 11.6 Å². The van der Waals surface area contributed by atoms with Crippen LogP contribution < -0.4 is 11.3 Å². The van der Waals surface area contributed by atoms with Crippen molar-refractivity contribution < 1.29 is 8.78 Å². The molecule has 3 N–H and O–H groups in total. The summed E-state index contributed by atoms with van der Waals surface area (Å²) >= 11 is 1.60. The van der Waals surface area contributed by atoms with Crippen LogP contribution in [-0.4, -0.2) is 0 Å². The van der Waals surface area contributed by atoms with Crippen molar-refractivity contribution in [3.8, 4) is 0 Å². The summed E-state index contributed by atoms with van der Waals surface area (Å²) in [6.07, 6.45) is 0.299. The van der Waals surface area contributed by atoms with Crippen LogP contribution in [0.2, 0.25) is 0 Å². The largest absolute Gasteiger partial charge is 0.271 e. The van der Waals surface area contributed by atoms with Gasteiger partial charge in [-0.2, -0.15) is 0 Å². The van der Waals surface area contributed by atoms with Crippen molar-refractivity contribution in [1.82, 2.24) is 5.43 Å². The van der Waals surface area contributed by atoms with E-state index in [4.69, 9.17) is 5.84 Å². The van der Waals surface area contributed by atoms with Gasteiger partial charge in [0.05, 0.1) is 6.04 Å². The Balaban J connectivity index is 1.93. The Labute approximate surface area is 125 Å². The molecule has 0 fully saturated rings. The Morgan fingerprint density at radius 3 is 2.67 bits per heavy atom. The zero-order chi connectivity index (χ0) is 14.8. The molecule has 2 aromatic carbocycles. The second-order valence-electron chi connectivity index (χ2n) is 4.82. The predicted molar refractivity (Wildman–Crippen MR) is 82.0 cm³/mol. The van der Waals surface area contributed by atoms with Crippen molar-refractivity contribution in [1.29, 1.82) is 0 Å². The van der Waals surface area contributed by atoms with E-state index >= 15 is 0 Å². The number of halogens is 2. The van der Waals surface area contributed by atoms with Crippen LogP contribution in [-0.2, 0) is 6.42 Å². The van der Waals surface area contributed by atoms with Crippen LogP contribution >= 0.6 is 11.3 Å². The Hall–Kier alpha value is -1.82. The van der Waals surface area contributed by atoms with Crippen LogP contribution in [0.3, 0.4) is 0 Å². The van der Waals surface area contributed by atoms with Crippen molar-refractivity contribution in [3.63, 3.8) is 0 Å². The zero-order valence-electron chi connectivity index (χ0n) is 11.1. The molecule has 1 aromatic heterocycles. The number of benzene rings is 2. The zero-order valence-corrected chi connectivity index (χ0v) is 12.0. The monoisotopic (exact) mass is 304 g/mol. The molecule has 0 bridgehead atoms. The van der Waals surface area contributed by atoms with E-state index in [1.807, 2.05) is 30.3 Å². The van der Waals surface area contributed by atoms with E-state index in [9.17, 15) is 8.78 Å². The number of fused-ring (bicyclic) bond motifs is 1. The fourth-order valence-electron chi connectivity index (χ4n) is 2.34. The van der Waals surface area contributed by atoms with Crippen LogP contribution in [0.4, 0.5) is 8.78 Å². The van der Waals surface area contributed by atoms with Crippen molar-refractivity contribution in [2.45, 2.75) is 12.5 Å². The number of hydrogen-bond donors (Lipinski definition) is 2. The Morgan fingerprint density at radius 1 is 1.10 bits per heavy atom. The first-order valence-electron chi connectivity index (χ1n) is 6.56. The van der Waals surface area contributed by atoms with Crippen molar-refractivity contribution in [2.75, 3.05) is 0 Å². The molecule has 0 amide bonds. The van der Waals surface area contributed by atoms with E-state index in [0.29, 0.717) is 12.0 Å². The molecule has 1 atom stereocenters. The minimum absolute atomic E-state index is 0.251. The molecule has 0 aliphatic heterocycles. The molecule has 108 valence electrons. The molecule has 1 heterocycles. The van der Waals surface area contributed by atoms with Gasteiger partial charge in [0.1, 0.15) is 0 Å². The molecular weight excluding hydrogens is 290 g/mol. The van der Waals surface area contributed by atoms with Gasteiger partial charge in [-0.3, -0.25) is 11.3 Å².